The highest BCUT2D eigenvalue weighted by atomic mass is 32.1. The van der Waals surface area contributed by atoms with E-state index in [0.29, 0.717) is 39.3 Å². The van der Waals surface area contributed by atoms with Gasteiger partial charge in [0.2, 0.25) is 5.95 Å². The number of amides is 1. The van der Waals surface area contributed by atoms with E-state index >= 15 is 0 Å². The predicted molar refractivity (Wildman–Crippen MR) is 165 cm³/mol. The third-order valence-electron chi connectivity index (χ3n) is 7.62. The normalized spacial score (nSPS) is 16.5. The third kappa shape index (κ3) is 6.53. The number of nitrogens with one attached hydrogen (secondary N) is 2. The number of rotatable bonds is 6. The van der Waals surface area contributed by atoms with Gasteiger partial charge in [-0.1, -0.05) is 0 Å². The summed E-state index contributed by atoms with van der Waals surface area (Å²) in [5.41, 5.74) is 3.20. The van der Waals surface area contributed by atoms with Gasteiger partial charge in [0.15, 0.2) is 17.9 Å². The number of carbonyl (C=O) groups excluding carboxylic acids is 2. The number of ether oxygens (including phenoxy) is 1. The maximum absolute atomic E-state index is 12.5. The topological polar surface area (TPSA) is 135 Å². The maximum Gasteiger partial charge on any atom is 0.408 e. The Labute approximate surface area is 254 Å². The molecule has 1 aliphatic carbocycles. The van der Waals surface area contributed by atoms with Crippen molar-refractivity contribution in [2.45, 2.75) is 70.9 Å². The number of ketones is 1. The smallest absolute Gasteiger partial charge is 0.408 e. The Hall–Kier alpha value is -4.32. The number of fused-ring (bicyclic) bond motifs is 1. The van der Waals surface area contributed by atoms with Crippen LogP contribution in [0.3, 0.4) is 0 Å². The second kappa shape index (κ2) is 11.4. The van der Waals surface area contributed by atoms with Crippen molar-refractivity contribution in [2.24, 2.45) is 0 Å². The molecule has 2 N–H and O–H groups in total. The van der Waals surface area contributed by atoms with Crippen LogP contribution in [0.4, 0.5) is 22.1 Å². The first-order chi connectivity index (χ1) is 20.6. The van der Waals surface area contributed by atoms with E-state index in [2.05, 4.69) is 44.6 Å². The molecule has 0 unspecified atom stereocenters. The fraction of sp³-hybridized carbons (Fsp3) is 0.419. The maximum atomic E-state index is 12.5. The molecule has 0 saturated carbocycles. The first kappa shape index (κ1) is 28.8. The molecule has 0 bridgehead atoms. The predicted octanol–water partition coefficient (Wildman–Crippen LogP) is 6.40. The molecule has 6 rings (SSSR count). The molecule has 1 amide bonds. The Bertz CT molecular complexity index is 1620. The molecule has 11 nitrogen and oxygen atoms in total. The number of piperidine rings is 1. The molecule has 0 atom stereocenters. The standard InChI is InChI=1S/C31H35N7O4S/c1-30(2,3)42-29(40)37-31(4)12-14-38(15-13-31)20-10-8-19(9-11-20)34-28-33-16-21(24-17-32-18-41-24)25(36-28)27-35-22-6-5-7-23(39)26(22)43-27/h8-11,16-18H,5-7,12-15H2,1-4H3,(H,37,40)(H,33,34,36). The van der Waals surface area contributed by atoms with E-state index in [0.717, 1.165) is 55.8 Å². The average Bonchev–Trinajstić information content (AvgIpc) is 3.64. The van der Waals surface area contributed by atoms with Crippen molar-refractivity contribution in [3.63, 3.8) is 0 Å². The Morgan fingerprint density at radius 3 is 2.53 bits per heavy atom. The summed E-state index contributed by atoms with van der Waals surface area (Å²) < 4.78 is 11.0. The summed E-state index contributed by atoms with van der Waals surface area (Å²) in [6.45, 7) is 9.30. The van der Waals surface area contributed by atoms with E-state index in [1.807, 2.05) is 32.9 Å². The second-order valence-corrected chi connectivity index (χ2v) is 13.2. The number of Topliss-reactive ketones (excluding diaryl/α,β-unsaturated/α-hetero) is 1. The van der Waals surface area contributed by atoms with Gasteiger partial charge in [-0.2, -0.15) is 0 Å². The first-order valence-corrected chi connectivity index (χ1v) is 15.3. The molecule has 3 aromatic heterocycles. The van der Waals surface area contributed by atoms with Gasteiger partial charge in [-0.15, -0.1) is 11.3 Å². The van der Waals surface area contributed by atoms with Crippen molar-refractivity contribution in [1.82, 2.24) is 25.3 Å². The summed E-state index contributed by atoms with van der Waals surface area (Å²) in [7, 11) is 0. The van der Waals surface area contributed by atoms with E-state index in [1.54, 1.807) is 12.4 Å². The van der Waals surface area contributed by atoms with Crippen molar-refractivity contribution >= 4 is 40.5 Å². The summed E-state index contributed by atoms with van der Waals surface area (Å²) in [5.74, 6) is 1.08. The highest BCUT2D eigenvalue weighted by Crippen LogP contribution is 2.37. The van der Waals surface area contributed by atoms with Crippen LogP contribution in [-0.4, -0.2) is 56.0 Å². The fourth-order valence-corrected chi connectivity index (χ4v) is 6.41. The van der Waals surface area contributed by atoms with Gasteiger partial charge < -0.3 is 24.7 Å². The van der Waals surface area contributed by atoms with Crippen LogP contribution in [-0.2, 0) is 11.2 Å². The number of alkyl carbamates (subject to hydrolysis) is 1. The quantitative estimate of drug-likeness (QED) is 0.255. The van der Waals surface area contributed by atoms with Crippen LogP contribution in [0.1, 0.15) is 68.7 Å². The fourth-order valence-electron chi connectivity index (χ4n) is 5.32. The number of aryl methyl sites for hydroxylation is 1. The Kier molecular flexibility index (Phi) is 7.63. The van der Waals surface area contributed by atoms with Crippen LogP contribution in [0.2, 0.25) is 0 Å². The van der Waals surface area contributed by atoms with Crippen molar-refractivity contribution in [1.29, 1.82) is 0 Å². The number of hydrogen-bond donors (Lipinski definition) is 2. The van der Waals surface area contributed by atoms with Gasteiger partial charge in [0.25, 0.3) is 0 Å². The number of aromatic nitrogens is 4. The lowest BCUT2D eigenvalue weighted by atomic mass is 9.89. The summed E-state index contributed by atoms with van der Waals surface area (Å²) in [6.07, 6.45) is 8.07. The first-order valence-electron chi connectivity index (χ1n) is 14.5. The molecule has 43 heavy (non-hydrogen) atoms. The molecule has 4 heterocycles. The number of benzene rings is 1. The van der Waals surface area contributed by atoms with Crippen molar-refractivity contribution < 1.29 is 18.7 Å². The van der Waals surface area contributed by atoms with Crippen LogP contribution >= 0.6 is 11.3 Å². The SMILES string of the molecule is CC1(NC(=O)OC(C)(C)C)CCN(c2ccc(Nc3ncc(-c4cnco4)c(-c4nc5c(s4)C(=O)CCC5)n3)cc2)CC1. The van der Waals surface area contributed by atoms with Crippen molar-refractivity contribution in [3.05, 3.63) is 53.6 Å². The largest absolute Gasteiger partial charge is 0.444 e. The monoisotopic (exact) mass is 601 g/mol. The molecule has 4 aromatic rings. The van der Waals surface area contributed by atoms with E-state index in [-0.39, 0.29) is 17.4 Å². The number of carbonyl (C=O) groups is 2. The van der Waals surface area contributed by atoms with E-state index in [4.69, 9.17) is 19.1 Å². The molecule has 0 spiro atoms. The van der Waals surface area contributed by atoms with Crippen LogP contribution in [0.15, 0.2) is 47.5 Å². The van der Waals surface area contributed by atoms with Crippen LogP contribution in [0.5, 0.6) is 0 Å². The molecule has 1 aliphatic heterocycles. The number of thiazole rings is 1. The number of hydrogen-bond acceptors (Lipinski definition) is 11. The van der Waals surface area contributed by atoms with Crippen LogP contribution in [0.25, 0.3) is 22.0 Å². The zero-order valence-corrected chi connectivity index (χ0v) is 25.6. The zero-order valence-electron chi connectivity index (χ0n) is 24.8. The number of oxazole rings is 1. The molecule has 2 aliphatic rings. The molecule has 1 aromatic carbocycles. The highest BCUT2D eigenvalue weighted by molar-refractivity contribution is 7.17. The Morgan fingerprint density at radius 2 is 1.86 bits per heavy atom. The minimum absolute atomic E-state index is 0.136. The van der Waals surface area contributed by atoms with Gasteiger partial charge >= 0.3 is 6.09 Å². The number of anilines is 3. The molecule has 0 radical (unpaired) electrons. The third-order valence-corrected chi connectivity index (χ3v) is 8.76. The highest BCUT2D eigenvalue weighted by Gasteiger charge is 2.33. The van der Waals surface area contributed by atoms with Gasteiger partial charge in [0.05, 0.1) is 22.3 Å². The minimum atomic E-state index is -0.525. The Morgan fingerprint density at radius 1 is 1.09 bits per heavy atom. The lowest BCUT2D eigenvalue weighted by Gasteiger charge is -2.41. The van der Waals surface area contributed by atoms with Crippen molar-refractivity contribution in [2.75, 3.05) is 23.3 Å². The van der Waals surface area contributed by atoms with E-state index in [1.165, 1.54) is 17.7 Å². The van der Waals surface area contributed by atoms with Crippen LogP contribution < -0.4 is 15.5 Å². The molecule has 12 heteroatoms. The van der Waals surface area contributed by atoms with E-state index in [9.17, 15) is 9.59 Å². The van der Waals surface area contributed by atoms with Gasteiger partial charge in [-0.05, 0) is 77.6 Å². The minimum Gasteiger partial charge on any atom is -0.444 e. The lowest BCUT2D eigenvalue weighted by Crippen LogP contribution is -2.54. The molecule has 1 saturated heterocycles. The number of nitrogens with zero attached hydrogens (tertiary/aromatic N) is 5. The van der Waals surface area contributed by atoms with Gasteiger partial charge in [0, 0.05) is 42.6 Å². The van der Waals surface area contributed by atoms with E-state index < -0.39 is 5.60 Å². The summed E-state index contributed by atoms with van der Waals surface area (Å²) >= 11 is 1.37. The second-order valence-electron chi connectivity index (χ2n) is 12.2. The van der Waals surface area contributed by atoms with Gasteiger partial charge in [0.1, 0.15) is 16.3 Å². The lowest BCUT2D eigenvalue weighted by molar-refractivity contribution is 0.0448. The van der Waals surface area contributed by atoms with Gasteiger partial charge in [-0.25, -0.2) is 24.7 Å². The summed E-state index contributed by atoms with van der Waals surface area (Å²) in [5, 5.41) is 7.02. The average molecular weight is 602 g/mol. The molecular formula is C31H35N7O4S. The summed E-state index contributed by atoms with van der Waals surface area (Å²) in [6, 6.07) is 8.12. The summed E-state index contributed by atoms with van der Waals surface area (Å²) in [4.78, 5) is 46.0. The Balaban J connectivity index is 1.15. The molecule has 1 fully saturated rings. The van der Waals surface area contributed by atoms with Crippen LogP contribution in [0, 0.1) is 0 Å². The van der Waals surface area contributed by atoms with Crippen molar-refractivity contribution in [3.8, 4) is 22.0 Å². The molecule has 224 valence electrons. The van der Waals surface area contributed by atoms with Gasteiger partial charge in [-0.3, -0.25) is 4.79 Å². The zero-order chi connectivity index (χ0) is 30.2. The molecular weight excluding hydrogens is 566 g/mol.